The molecule has 1 saturated heterocycles. The Labute approximate surface area is 95.4 Å². The second-order valence-corrected chi connectivity index (χ2v) is 4.46. The first-order valence-corrected chi connectivity index (χ1v) is 5.68. The highest BCUT2D eigenvalue weighted by atomic mass is 35.5. The zero-order chi connectivity index (χ0) is 10.7. The van der Waals surface area contributed by atoms with Crippen LogP contribution in [0.5, 0.6) is 0 Å². The van der Waals surface area contributed by atoms with Gasteiger partial charge in [-0.1, -0.05) is 11.6 Å². The Morgan fingerprint density at radius 2 is 2.53 bits per heavy atom. The average molecular weight is 226 g/mol. The van der Waals surface area contributed by atoms with Crippen LogP contribution in [0, 0.1) is 0 Å². The van der Waals surface area contributed by atoms with Crippen molar-refractivity contribution in [3.63, 3.8) is 0 Å². The number of pyridine rings is 1. The topological polar surface area (TPSA) is 28.2 Å². The Bertz CT molecular complexity index is 329. The molecule has 1 aromatic heterocycles. The molecule has 82 valence electrons. The third-order valence-electron chi connectivity index (χ3n) is 2.65. The normalized spacial score (nSPS) is 22.9. The van der Waals surface area contributed by atoms with Gasteiger partial charge >= 0.3 is 0 Å². The van der Waals surface area contributed by atoms with Crippen molar-refractivity contribution in [3.05, 3.63) is 29.0 Å². The van der Waals surface area contributed by atoms with Gasteiger partial charge < -0.3 is 5.32 Å². The SMILES string of the molecule is C[C@H]1CN(Cc2ccnc(Cl)c2)CCN1. The van der Waals surface area contributed by atoms with E-state index in [9.17, 15) is 0 Å². The number of hydrogen-bond donors (Lipinski definition) is 1. The third kappa shape index (κ3) is 3.16. The molecule has 0 radical (unpaired) electrons. The van der Waals surface area contributed by atoms with Crippen molar-refractivity contribution in [2.24, 2.45) is 0 Å². The molecule has 0 bridgehead atoms. The molecule has 1 aromatic rings. The van der Waals surface area contributed by atoms with E-state index in [0.717, 1.165) is 26.2 Å². The molecular formula is C11H16ClN3. The van der Waals surface area contributed by atoms with E-state index < -0.39 is 0 Å². The summed E-state index contributed by atoms with van der Waals surface area (Å²) >= 11 is 5.85. The maximum absolute atomic E-state index is 5.85. The molecule has 0 aromatic carbocycles. The quantitative estimate of drug-likeness (QED) is 0.774. The molecule has 4 heteroatoms. The van der Waals surface area contributed by atoms with Crippen LogP contribution in [0.25, 0.3) is 0 Å². The van der Waals surface area contributed by atoms with Crippen molar-refractivity contribution in [1.29, 1.82) is 0 Å². The van der Waals surface area contributed by atoms with Crippen LogP contribution in [0.3, 0.4) is 0 Å². The van der Waals surface area contributed by atoms with Gasteiger partial charge in [0.1, 0.15) is 5.15 Å². The van der Waals surface area contributed by atoms with Crippen LogP contribution in [-0.4, -0.2) is 35.6 Å². The van der Waals surface area contributed by atoms with Crippen molar-refractivity contribution < 1.29 is 0 Å². The van der Waals surface area contributed by atoms with Gasteiger partial charge in [0.15, 0.2) is 0 Å². The van der Waals surface area contributed by atoms with Crippen LogP contribution >= 0.6 is 11.6 Å². The first-order valence-electron chi connectivity index (χ1n) is 5.30. The number of rotatable bonds is 2. The summed E-state index contributed by atoms with van der Waals surface area (Å²) in [5, 5.41) is 4.01. The minimum atomic E-state index is 0.579. The maximum Gasteiger partial charge on any atom is 0.129 e. The number of aromatic nitrogens is 1. The van der Waals surface area contributed by atoms with Crippen LogP contribution in [0.4, 0.5) is 0 Å². The Morgan fingerprint density at radius 3 is 3.27 bits per heavy atom. The first kappa shape index (κ1) is 10.9. The standard InChI is InChI=1S/C11H16ClN3/c1-9-7-15(5-4-13-9)8-10-2-3-14-11(12)6-10/h2-3,6,9,13H,4-5,7-8H2,1H3/t9-/m0/s1. The molecule has 2 rings (SSSR count). The number of hydrogen-bond acceptors (Lipinski definition) is 3. The summed E-state index contributed by atoms with van der Waals surface area (Å²) in [7, 11) is 0. The van der Waals surface area contributed by atoms with Gasteiger partial charge in [-0.3, -0.25) is 4.90 Å². The summed E-state index contributed by atoms with van der Waals surface area (Å²) < 4.78 is 0. The molecule has 2 heterocycles. The lowest BCUT2D eigenvalue weighted by atomic mass is 10.2. The van der Waals surface area contributed by atoms with E-state index in [-0.39, 0.29) is 0 Å². The Morgan fingerprint density at radius 1 is 1.67 bits per heavy atom. The highest BCUT2D eigenvalue weighted by molar-refractivity contribution is 6.29. The van der Waals surface area contributed by atoms with Gasteiger partial charge in [0, 0.05) is 38.4 Å². The van der Waals surface area contributed by atoms with Gasteiger partial charge in [-0.2, -0.15) is 0 Å². The van der Waals surface area contributed by atoms with E-state index in [2.05, 4.69) is 22.1 Å². The minimum absolute atomic E-state index is 0.579. The maximum atomic E-state index is 5.85. The Hall–Kier alpha value is -0.640. The van der Waals surface area contributed by atoms with E-state index in [1.54, 1.807) is 6.20 Å². The van der Waals surface area contributed by atoms with E-state index >= 15 is 0 Å². The smallest absolute Gasteiger partial charge is 0.129 e. The molecule has 0 spiro atoms. The van der Waals surface area contributed by atoms with Gasteiger partial charge in [-0.25, -0.2) is 4.98 Å². The number of piperazine rings is 1. The van der Waals surface area contributed by atoms with Gasteiger partial charge in [0.2, 0.25) is 0 Å². The fourth-order valence-corrected chi connectivity index (χ4v) is 2.15. The fraction of sp³-hybridized carbons (Fsp3) is 0.545. The molecule has 3 nitrogen and oxygen atoms in total. The number of nitrogens with one attached hydrogen (secondary N) is 1. The molecule has 0 saturated carbocycles. The van der Waals surface area contributed by atoms with Crippen LogP contribution < -0.4 is 5.32 Å². The van der Waals surface area contributed by atoms with Crippen molar-refractivity contribution in [2.75, 3.05) is 19.6 Å². The fourth-order valence-electron chi connectivity index (χ4n) is 1.95. The summed E-state index contributed by atoms with van der Waals surface area (Å²) in [6, 6.07) is 4.54. The molecule has 0 unspecified atom stereocenters. The summed E-state index contributed by atoms with van der Waals surface area (Å²) in [6.45, 7) is 6.45. The highest BCUT2D eigenvalue weighted by Gasteiger charge is 2.15. The molecule has 0 amide bonds. The van der Waals surface area contributed by atoms with E-state index in [1.807, 2.05) is 12.1 Å². The number of halogens is 1. The summed E-state index contributed by atoms with van der Waals surface area (Å²) in [5.41, 5.74) is 1.24. The first-order chi connectivity index (χ1) is 7.24. The minimum Gasteiger partial charge on any atom is -0.312 e. The lowest BCUT2D eigenvalue weighted by molar-refractivity contribution is 0.199. The number of nitrogens with zero attached hydrogens (tertiary/aromatic N) is 2. The van der Waals surface area contributed by atoms with Gasteiger partial charge in [-0.05, 0) is 24.6 Å². The average Bonchev–Trinajstić information content (AvgIpc) is 2.17. The zero-order valence-corrected chi connectivity index (χ0v) is 9.67. The van der Waals surface area contributed by atoms with Crippen LogP contribution in [0.1, 0.15) is 12.5 Å². The molecule has 1 aliphatic heterocycles. The van der Waals surface area contributed by atoms with Crippen molar-refractivity contribution in [3.8, 4) is 0 Å². The predicted octanol–water partition coefficient (Wildman–Crippen LogP) is 1.53. The van der Waals surface area contributed by atoms with Gasteiger partial charge in [0.05, 0.1) is 0 Å². The molecule has 1 N–H and O–H groups in total. The van der Waals surface area contributed by atoms with Crippen molar-refractivity contribution in [2.45, 2.75) is 19.5 Å². The van der Waals surface area contributed by atoms with Crippen molar-refractivity contribution in [1.82, 2.24) is 15.2 Å². The Kier molecular flexibility index (Phi) is 3.57. The zero-order valence-electron chi connectivity index (χ0n) is 8.91. The van der Waals surface area contributed by atoms with Crippen LogP contribution in [0.2, 0.25) is 5.15 Å². The highest BCUT2D eigenvalue weighted by Crippen LogP contribution is 2.11. The second kappa shape index (κ2) is 4.92. The molecule has 0 aliphatic carbocycles. The second-order valence-electron chi connectivity index (χ2n) is 4.08. The summed E-state index contributed by atoms with van der Waals surface area (Å²) in [4.78, 5) is 6.42. The van der Waals surface area contributed by atoms with Gasteiger partial charge in [-0.15, -0.1) is 0 Å². The van der Waals surface area contributed by atoms with E-state index in [4.69, 9.17) is 11.6 Å². The van der Waals surface area contributed by atoms with E-state index in [1.165, 1.54) is 5.56 Å². The Balaban J connectivity index is 1.96. The predicted molar refractivity (Wildman–Crippen MR) is 62.0 cm³/mol. The molecule has 15 heavy (non-hydrogen) atoms. The van der Waals surface area contributed by atoms with Crippen LogP contribution in [0.15, 0.2) is 18.3 Å². The lowest BCUT2D eigenvalue weighted by Gasteiger charge is -2.31. The molecule has 1 fully saturated rings. The summed E-state index contributed by atoms with van der Waals surface area (Å²) in [5.74, 6) is 0. The summed E-state index contributed by atoms with van der Waals surface area (Å²) in [6.07, 6.45) is 1.77. The van der Waals surface area contributed by atoms with Crippen LogP contribution in [-0.2, 0) is 6.54 Å². The third-order valence-corrected chi connectivity index (χ3v) is 2.86. The monoisotopic (exact) mass is 225 g/mol. The molecular weight excluding hydrogens is 210 g/mol. The van der Waals surface area contributed by atoms with E-state index in [0.29, 0.717) is 11.2 Å². The van der Waals surface area contributed by atoms with Gasteiger partial charge in [0.25, 0.3) is 0 Å². The van der Waals surface area contributed by atoms with Crippen molar-refractivity contribution >= 4 is 11.6 Å². The molecule has 1 atom stereocenters. The molecule has 1 aliphatic rings. The lowest BCUT2D eigenvalue weighted by Crippen LogP contribution is -2.48. The largest absolute Gasteiger partial charge is 0.312 e.